The van der Waals surface area contributed by atoms with Crippen molar-refractivity contribution in [2.75, 3.05) is 0 Å². The first-order chi connectivity index (χ1) is 13.7. The van der Waals surface area contributed by atoms with Crippen LogP contribution in [0.4, 0.5) is 0 Å². The van der Waals surface area contributed by atoms with Crippen molar-refractivity contribution in [2.24, 2.45) is 5.10 Å². The Morgan fingerprint density at radius 2 is 1.76 bits per heavy atom. The Hall–Kier alpha value is -2.56. The van der Waals surface area contributed by atoms with E-state index >= 15 is 0 Å². The molecule has 0 saturated carbocycles. The van der Waals surface area contributed by atoms with Gasteiger partial charge in [-0.2, -0.15) is 5.10 Å². The van der Waals surface area contributed by atoms with Gasteiger partial charge in [0.05, 0.1) is 22.7 Å². The predicted molar refractivity (Wildman–Crippen MR) is 119 cm³/mol. The minimum absolute atomic E-state index is 0.0876. The molecule has 3 aromatic rings. The maximum atomic E-state index is 12.1. The molecular formula is C23H22Cl2N2O2. The molecule has 3 rings (SSSR count). The topological polar surface area (TPSA) is 54.6 Å². The van der Waals surface area contributed by atoms with Gasteiger partial charge in [-0.3, -0.25) is 4.79 Å². The minimum atomic E-state index is -0.193. The Morgan fingerprint density at radius 1 is 1.03 bits per heavy atom. The van der Waals surface area contributed by atoms with Crippen LogP contribution >= 0.6 is 23.2 Å². The fraction of sp³-hybridized carbons (Fsp3) is 0.217. The molecule has 0 saturated heterocycles. The standard InChI is InChI=1S/C23H22Cl2N2O2/c1-23(2,3)17-7-4-15(5-8-17)12-22(28)27-26-14-18-9-11-21(29-18)16-6-10-19(24)20(25)13-16/h4-11,13-14H,12H2,1-3H3,(H,27,28)/b26-14-. The lowest BCUT2D eigenvalue weighted by atomic mass is 9.86. The second-order valence-electron chi connectivity index (χ2n) is 7.75. The summed E-state index contributed by atoms with van der Waals surface area (Å²) in [5, 5.41) is 4.91. The Bertz CT molecular complexity index is 1030. The number of hydrazone groups is 1. The van der Waals surface area contributed by atoms with E-state index in [1.165, 1.54) is 11.8 Å². The van der Waals surface area contributed by atoms with Crippen molar-refractivity contribution in [2.45, 2.75) is 32.6 Å². The summed E-state index contributed by atoms with van der Waals surface area (Å²) in [6.45, 7) is 6.47. The third-order valence-corrected chi connectivity index (χ3v) is 5.14. The van der Waals surface area contributed by atoms with Gasteiger partial charge in [-0.15, -0.1) is 0 Å². The Balaban J connectivity index is 1.56. The molecular weight excluding hydrogens is 407 g/mol. The second kappa shape index (κ2) is 8.85. The number of nitrogens with zero attached hydrogens (tertiary/aromatic N) is 1. The molecule has 1 amide bonds. The zero-order chi connectivity index (χ0) is 21.0. The van der Waals surface area contributed by atoms with Gasteiger partial charge in [-0.05, 0) is 46.9 Å². The van der Waals surface area contributed by atoms with Crippen LogP contribution in [0.15, 0.2) is 64.1 Å². The van der Waals surface area contributed by atoms with Gasteiger partial charge < -0.3 is 4.42 Å². The van der Waals surface area contributed by atoms with E-state index in [0.29, 0.717) is 21.6 Å². The molecule has 0 atom stereocenters. The summed E-state index contributed by atoms with van der Waals surface area (Å²) in [6.07, 6.45) is 1.72. The molecule has 6 heteroatoms. The molecule has 0 fully saturated rings. The summed E-state index contributed by atoms with van der Waals surface area (Å²) in [7, 11) is 0. The Labute approximate surface area is 180 Å². The minimum Gasteiger partial charge on any atom is -0.455 e. The van der Waals surface area contributed by atoms with Gasteiger partial charge in [0.25, 0.3) is 0 Å². The van der Waals surface area contributed by atoms with Crippen LogP contribution in [0.2, 0.25) is 10.0 Å². The molecule has 0 radical (unpaired) electrons. The lowest BCUT2D eigenvalue weighted by Crippen LogP contribution is -2.20. The first kappa shape index (κ1) is 21.2. The summed E-state index contributed by atoms with van der Waals surface area (Å²) < 4.78 is 5.71. The molecule has 0 bridgehead atoms. The number of carbonyl (C=O) groups is 1. The second-order valence-corrected chi connectivity index (χ2v) is 8.56. The molecule has 0 spiro atoms. The van der Waals surface area contributed by atoms with Crippen molar-refractivity contribution in [3.05, 3.63) is 81.5 Å². The quantitative estimate of drug-likeness (QED) is 0.385. The molecule has 4 nitrogen and oxygen atoms in total. The molecule has 2 aromatic carbocycles. The van der Waals surface area contributed by atoms with Gasteiger partial charge >= 0.3 is 0 Å². The smallest absolute Gasteiger partial charge is 0.244 e. The largest absolute Gasteiger partial charge is 0.455 e. The van der Waals surface area contributed by atoms with E-state index in [1.54, 1.807) is 24.3 Å². The first-order valence-electron chi connectivity index (χ1n) is 9.19. The average Bonchev–Trinajstić information content (AvgIpc) is 3.12. The number of halogens is 2. The van der Waals surface area contributed by atoms with E-state index in [0.717, 1.165) is 11.1 Å². The van der Waals surface area contributed by atoms with Crippen LogP contribution in [0.1, 0.15) is 37.7 Å². The lowest BCUT2D eigenvalue weighted by Gasteiger charge is -2.19. The number of amides is 1. The van der Waals surface area contributed by atoms with E-state index < -0.39 is 0 Å². The van der Waals surface area contributed by atoms with Crippen molar-refractivity contribution < 1.29 is 9.21 Å². The van der Waals surface area contributed by atoms with Crippen molar-refractivity contribution in [3.8, 4) is 11.3 Å². The van der Waals surface area contributed by atoms with Gasteiger partial charge in [0, 0.05) is 5.56 Å². The molecule has 0 aliphatic rings. The number of benzene rings is 2. The summed E-state index contributed by atoms with van der Waals surface area (Å²) in [4.78, 5) is 12.1. The van der Waals surface area contributed by atoms with Crippen molar-refractivity contribution >= 4 is 35.3 Å². The molecule has 29 heavy (non-hydrogen) atoms. The van der Waals surface area contributed by atoms with Gasteiger partial charge in [0.2, 0.25) is 5.91 Å². The number of hydrogen-bond acceptors (Lipinski definition) is 3. The monoisotopic (exact) mass is 428 g/mol. The summed E-state index contributed by atoms with van der Waals surface area (Å²) in [6, 6.07) is 16.9. The van der Waals surface area contributed by atoms with E-state index in [2.05, 4.69) is 43.4 Å². The number of rotatable bonds is 5. The first-order valence-corrected chi connectivity index (χ1v) is 9.94. The van der Waals surface area contributed by atoms with Gasteiger partial charge in [0.15, 0.2) is 0 Å². The van der Waals surface area contributed by atoms with Crippen LogP contribution in [0.25, 0.3) is 11.3 Å². The predicted octanol–water partition coefficient (Wildman–Crippen LogP) is 6.24. The number of carbonyl (C=O) groups excluding carboxylic acids is 1. The number of nitrogens with one attached hydrogen (secondary N) is 1. The van der Waals surface area contributed by atoms with E-state index in [1.807, 2.05) is 18.2 Å². The number of hydrogen-bond donors (Lipinski definition) is 1. The molecule has 1 heterocycles. The fourth-order valence-corrected chi connectivity index (χ4v) is 3.04. The Morgan fingerprint density at radius 3 is 2.41 bits per heavy atom. The maximum absolute atomic E-state index is 12.1. The zero-order valence-electron chi connectivity index (χ0n) is 16.5. The third-order valence-electron chi connectivity index (χ3n) is 4.40. The van der Waals surface area contributed by atoms with Crippen molar-refractivity contribution in [1.29, 1.82) is 0 Å². The fourth-order valence-electron chi connectivity index (χ4n) is 2.74. The van der Waals surface area contributed by atoms with Crippen LogP contribution in [0.5, 0.6) is 0 Å². The highest BCUT2D eigenvalue weighted by atomic mass is 35.5. The molecule has 1 aromatic heterocycles. The average molecular weight is 429 g/mol. The van der Waals surface area contributed by atoms with Crippen LogP contribution in [0.3, 0.4) is 0 Å². The molecule has 0 aliphatic carbocycles. The van der Waals surface area contributed by atoms with Gasteiger partial charge in [0.1, 0.15) is 11.5 Å². The highest BCUT2D eigenvalue weighted by Gasteiger charge is 2.13. The summed E-state index contributed by atoms with van der Waals surface area (Å²) in [5.74, 6) is 0.956. The number of furan rings is 1. The molecule has 0 unspecified atom stereocenters. The maximum Gasteiger partial charge on any atom is 0.244 e. The van der Waals surface area contributed by atoms with Gasteiger partial charge in [-0.1, -0.05) is 68.2 Å². The van der Waals surface area contributed by atoms with Crippen LogP contribution in [-0.4, -0.2) is 12.1 Å². The van der Waals surface area contributed by atoms with Crippen LogP contribution in [-0.2, 0) is 16.6 Å². The van der Waals surface area contributed by atoms with Crippen LogP contribution in [0, 0.1) is 0 Å². The normalized spacial score (nSPS) is 11.8. The van der Waals surface area contributed by atoms with Crippen LogP contribution < -0.4 is 5.43 Å². The van der Waals surface area contributed by atoms with Gasteiger partial charge in [-0.25, -0.2) is 5.43 Å². The van der Waals surface area contributed by atoms with E-state index in [-0.39, 0.29) is 17.7 Å². The molecule has 0 aliphatic heterocycles. The lowest BCUT2D eigenvalue weighted by molar-refractivity contribution is -0.120. The zero-order valence-corrected chi connectivity index (χ0v) is 18.0. The van der Waals surface area contributed by atoms with Crippen molar-refractivity contribution in [3.63, 3.8) is 0 Å². The molecule has 1 N–H and O–H groups in total. The van der Waals surface area contributed by atoms with E-state index in [4.69, 9.17) is 27.6 Å². The SMILES string of the molecule is CC(C)(C)c1ccc(CC(=O)N/N=C\c2ccc(-c3ccc(Cl)c(Cl)c3)o2)cc1. The third kappa shape index (κ3) is 5.72. The van der Waals surface area contributed by atoms with Crippen molar-refractivity contribution in [1.82, 2.24) is 5.43 Å². The summed E-state index contributed by atoms with van der Waals surface area (Å²) >= 11 is 12.0. The van der Waals surface area contributed by atoms with E-state index in [9.17, 15) is 4.79 Å². The highest BCUT2D eigenvalue weighted by Crippen LogP contribution is 2.29. The molecule has 150 valence electrons. The Kier molecular flexibility index (Phi) is 6.46. The highest BCUT2D eigenvalue weighted by molar-refractivity contribution is 6.42. The summed E-state index contributed by atoms with van der Waals surface area (Å²) in [5.41, 5.74) is 5.58.